The first-order valence-corrected chi connectivity index (χ1v) is 14.5. The Bertz CT molecular complexity index is 1530. The third-order valence-corrected chi connectivity index (χ3v) is 7.93. The van der Waals surface area contributed by atoms with Crippen LogP contribution in [0.15, 0.2) is 48.5 Å². The number of benzene rings is 2. The number of hydrogen-bond acceptors (Lipinski definition) is 11. The van der Waals surface area contributed by atoms with E-state index in [1.165, 1.54) is 0 Å². The van der Waals surface area contributed by atoms with E-state index in [1.807, 2.05) is 0 Å². The molecule has 3 aliphatic rings. The smallest absolute Gasteiger partial charge is 0.479 e. The maximum Gasteiger partial charge on any atom is 0.573 e. The number of hydrogen-bond donors (Lipinski definition) is 1. The van der Waals surface area contributed by atoms with Crippen LogP contribution >= 0.6 is 0 Å². The van der Waals surface area contributed by atoms with E-state index in [0.29, 0.717) is 5.56 Å². The van der Waals surface area contributed by atoms with E-state index in [0.717, 1.165) is 18.2 Å². The van der Waals surface area contributed by atoms with Crippen molar-refractivity contribution in [1.29, 1.82) is 0 Å². The fraction of sp³-hybridized carbons (Fsp3) is 0.444. The van der Waals surface area contributed by atoms with E-state index < -0.39 is 100 Å². The average molecular weight is 631 g/mol. The molecule has 3 saturated heterocycles. The van der Waals surface area contributed by atoms with Gasteiger partial charge in [-0.3, -0.25) is 14.1 Å². The predicted molar refractivity (Wildman–Crippen MR) is 135 cm³/mol. The minimum Gasteiger partial charge on any atom is -0.479 e. The van der Waals surface area contributed by atoms with Crippen molar-refractivity contribution in [1.82, 2.24) is 0 Å². The molecule has 232 valence electrons. The highest BCUT2D eigenvalue weighted by Gasteiger charge is 2.72. The Hall–Kier alpha value is -3.89. The van der Waals surface area contributed by atoms with E-state index in [1.54, 1.807) is 44.2 Å². The van der Waals surface area contributed by atoms with E-state index in [-0.39, 0.29) is 5.56 Å². The number of alkyl halides is 3. The van der Waals surface area contributed by atoms with Crippen molar-refractivity contribution in [3.05, 3.63) is 59.7 Å². The second-order valence-electron chi connectivity index (χ2n) is 10.5. The summed E-state index contributed by atoms with van der Waals surface area (Å²) in [5, 5.41) is 0. The number of carbonyl (C=O) groups is 3. The lowest BCUT2D eigenvalue weighted by Crippen LogP contribution is -2.48. The molecule has 3 heterocycles. The maximum absolute atomic E-state index is 13.2. The zero-order valence-electron chi connectivity index (χ0n) is 22.5. The number of carbonyl (C=O) groups excluding carboxylic acids is 3. The number of rotatable bonds is 10. The van der Waals surface area contributed by atoms with Crippen LogP contribution in [0.1, 0.15) is 29.8 Å². The van der Waals surface area contributed by atoms with Crippen LogP contribution in [0, 0.1) is 11.8 Å². The molecule has 0 saturated carbocycles. The Kier molecular flexibility index (Phi) is 7.81. The second-order valence-corrected chi connectivity index (χ2v) is 12.1. The van der Waals surface area contributed by atoms with Crippen molar-refractivity contribution in [3.8, 4) is 11.5 Å². The van der Waals surface area contributed by atoms with E-state index in [2.05, 4.69) is 4.74 Å². The molecule has 1 N–H and O–H groups in total. The van der Waals surface area contributed by atoms with Crippen LogP contribution < -0.4 is 9.47 Å². The molecule has 12 nitrogen and oxygen atoms in total. The Balaban J connectivity index is 1.37. The minimum absolute atomic E-state index is 0.246. The van der Waals surface area contributed by atoms with Gasteiger partial charge in [0.15, 0.2) is 23.7 Å². The van der Waals surface area contributed by atoms with Gasteiger partial charge >= 0.3 is 24.3 Å². The van der Waals surface area contributed by atoms with Crippen LogP contribution in [0.3, 0.4) is 0 Å². The molecule has 2 aromatic carbocycles. The lowest BCUT2D eigenvalue weighted by atomic mass is 9.78. The number of ether oxygens (including phenoxy) is 6. The molecule has 5 rings (SSSR count). The highest BCUT2D eigenvalue weighted by molar-refractivity contribution is 7.85. The summed E-state index contributed by atoms with van der Waals surface area (Å²) in [6.45, 7) is 2.52. The zero-order chi connectivity index (χ0) is 31.3. The van der Waals surface area contributed by atoms with Crippen molar-refractivity contribution >= 4 is 28.0 Å². The fourth-order valence-electron chi connectivity index (χ4n) is 5.37. The van der Waals surface area contributed by atoms with Gasteiger partial charge in [0.05, 0.1) is 5.56 Å². The van der Waals surface area contributed by atoms with Gasteiger partial charge in [0.25, 0.3) is 10.1 Å². The lowest BCUT2D eigenvalue weighted by molar-refractivity contribution is -0.275. The highest BCUT2D eigenvalue weighted by Crippen LogP contribution is 2.51. The molecule has 0 aromatic heterocycles. The molecule has 2 aromatic rings. The van der Waals surface area contributed by atoms with Gasteiger partial charge in [0, 0.05) is 0 Å². The molecule has 6 unspecified atom stereocenters. The lowest BCUT2D eigenvalue weighted by Gasteiger charge is -2.29. The van der Waals surface area contributed by atoms with Crippen LogP contribution in [0.5, 0.6) is 11.5 Å². The summed E-state index contributed by atoms with van der Waals surface area (Å²) in [4.78, 5) is 38.5. The zero-order valence-corrected chi connectivity index (χ0v) is 23.3. The molecule has 16 heteroatoms. The topological polar surface area (TPSA) is 161 Å². The molecule has 3 fully saturated rings. The van der Waals surface area contributed by atoms with Gasteiger partial charge in [0.2, 0.25) is 0 Å². The van der Waals surface area contributed by atoms with Crippen molar-refractivity contribution in [2.24, 2.45) is 11.8 Å². The van der Waals surface area contributed by atoms with Crippen molar-refractivity contribution in [2.75, 3.05) is 12.4 Å². The van der Waals surface area contributed by atoms with Crippen molar-refractivity contribution in [3.63, 3.8) is 0 Å². The third-order valence-electron chi connectivity index (χ3n) is 7.24. The van der Waals surface area contributed by atoms with Gasteiger partial charge in [-0.25, -0.2) is 4.79 Å². The largest absolute Gasteiger partial charge is 0.573 e. The Morgan fingerprint density at radius 1 is 0.977 bits per heavy atom. The van der Waals surface area contributed by atoms with E-state index in [4.69, 9.17) is 28.2 Å². The second kappa shape index (κ2) is 11.0. The molecule has 3 aliphatic heterocycles. The molecular weight excluding hydrogens is 605 g/mol. The monoisotopic (exact) mass is 630 g/mol. The van der Waals surface area contributed by atoms with E-state index in [9.17, 15) is 36.0 Å². The summed E-state index contributed by atoms with van der Waals surface area (Å²) in [6, 6.07) is 11.5. The molecule has 0 amide bonds. The first-order valence-electron chi connectivity index (χ1n) is 12.9. The summed E-state index contributed by atoms with van der Waals surface area (Å²) in [6.07, 6.45) is -9.58. The summed E-state index contributed by atoms with van der Waals surface area (Å²) in [7, 11) is -4.43. The minimum atomic E-state index is -5.06. The fourth-order valence-corrected chi connectivity index (χ4v) is 5.67. The van der Waals surface area contributed by atoms with Gasteiger partial charge in [0.1, 0.15) is 42.0 Å². The number of esters is 3. The molecule has 43 heavy (non-hydrogen) atoms. The van der Waals surface area contributed by atoms with Crippen LogP contribution in [0.4, 0.5) is 13.2 Å². The SMILES string of the molecule is CC(C)(Oc1cc(C(=O)OC2C3OC(=O)C4C3OC2C4C(=O)OCCS(=O)(=O)O)ccc1OC(F)(F)F)c1ccccc1. The number of fused-ring (bicyclic) bond motifs is 1. The molecule has 0 aliphatic carbocycles. The Morgan fingerprint density at radius 2 is 1.67 bits per heavy atom. The number of halogens is 3. The molecule has 0 radical (unpaired) electrons. The molecule has 6 atom stereocenters. The standard InChI is InChI=1S/C27H25F3O12S/c1-26(2,14-6-4-3-5-7-14)41-16-12-13(8-9-15(16)42-27(28,29)30)23(31)39-21-19-17(24(32)37-10-11-43(34,35)36)18-20(38-19)22(21)40-25(18)33/h3-9,12,17-22H,10-11H2,1-2H3,(H,34,35,36). The average Bonchev–Trinajstić information content (AvgIpc) is 3.52. The maximum atomic E-state index is 13.2. The highest BCUT2D eigenvalue weighted by atomic mass is 32.2. The molecule has 2 bridgehead atoms. The van der Waals surface area contributed by atoms with Crippen LogP contribution in [0.25, 0.3) is 0 Å². The Morgan fingerprint density at radius 3 is 2.33 bits per heavy atom. The Labute approximate surface area is 242 Å². The summed E-state index contributed by atoms with van der Waals surface area (Å²) in [5.41, 5.74) is -0.793. The van der Waals surface area contributed by atoms with Gasteiger partial charge in [-0.05, 0) is 37.6 Å². The van der Waals surface area contributed by atoms with Crippen LogP contribution in [-0.4, -0.2) is 74.0 Å². The first kappa shape index (κ1) is 30.6. The van der Waals surface area contributed by atoms with Crippen LogP contribution in [0.2, 0.25) is 0 Å². The predicted octanol–water partition coefficient (Wildman–Crippen LogP) is 2.79. The molecular formula is C27H25F3O12S. The van der Waals surface area contributed by atoms with Gasteiger partial charge < -0.3 is 28.4 Å². The van der Waals surface area contributed by atoms with Gasteiger partial charge in [-0.1, -0.05) is 30.3 Å². The van der Waals surface area contributed by atoms with Gasteiger partial charge in [-0.15, -0.1) is 13.2 Å². The van der Waals surface area contributed by atoms with Crippen LogP contribution in [-0.2, 0) is 44.3 Å². The quantitative estimate of drug-likeness (QED) is 0.233. The van der Waals surface area contributed by atoms with Gasteiger partial charge in [-0.2, -0.15) is 8.42 Å². The normalized spacial score (nSPS) is 26.1. The van der Waals surface area contributed by atoms with Crippen molar-refractivity contribution in [2.45, 2.75) is 50.2 Å². The summed E-state index contributed by atoms with van der Waals surface area (Å²) < 4.78 is 102. The summed E-state index contributed by atoms with van der Waals surface area (Å²) in [5.74, 6) is -7.28. The summed E-state index contributed by atoms with van der Waals surface area (Å²) >= 11 is 0. The first-order chi connectivity index (χ1) is 20.0. The van der Waals surface area contributed by atoms with E-state index >= 15 is 0 Å². The van der Waals surface area contributed by atoms with Crippen molar-refractivity contribution < 1.29 is 68.9 Å². The molecule has 0 spiro atoms. The third kappa shape index (κ3) is 6.40.